The topological polar surface area (TPSA) is 78.4 Å². The van der Waals surface area contributed by atoms with Gasteiger partial charge in [0.2, 0.25) is 0 Å². The van der Waals surface area contributed by atoms with Crippen molar-refractivity contribution in [2.45, 2.75) is 25.9 Å². The number of aryl methyl sites for hydroxylation is 1. The summed E-state index contributed by atoms with van der Waals surface area (Å²) in [7, 11) is 0. The molecule has 0 aliphatic carbocycles. The minimum Gasteiger partial charge on any atom is -0.481 e. The first-order chi connectivity index (χ1) is 12.7. The lowest BCUT2D eigenvalue weighted by molar-refractivity contribution is -0.142. The van der Waals surface area contributed by atoms with Crippen LogP contribution in [0.2, 0.25) is 0 Å². The highest BCUT2D eigenvalue weighted by atomic mass is 19.4. The van der Waals surface area contributed by atoms with E-state index in [0.29, 0.717) is 42.7 Å². The maximum Gasteiger partial charge on any atom is 0.416 e. The summed E-state index contributed by atoms with van der Waals surface area (Å²) in [4.78, 5) is 21.8. The molecule has 27 heavy (non-hydrogen) atoms. The Morgan fingerprint density at radius 2 is 1.96 bits per heavy atom. The summed E-state index contributed by atoms with van der Waals surface area (Å²) in [6.07, 6.45) is -3.00. The third-order valence-electron chi connectivity index (χ3n) is 4.40. The number of aliphatic carboxylic acids is 1. The molecule has 1 aromatic carbocycles. The third-order valence-corrected chi connectivity index (χ3v) is 4.40. The molecule has 2 aromatic rings. The Hall–Kier alpha value is -2.84. The van der Waals surface area contributed by atoms with Crippen LogP contribution in [0.15, 0.2) is 30.3 Å². The first-order valence-electron chi connectivity index (χ1n) is 8.50. The molecule has 1 unspecified atom stereocenters. The largest absolute Gasteiger partial charge is 0.481 e. The summed E-state index contributed by atoms with van der Waals surface area (Å²) in [5, 5.41) is 12.2. The van der Waals surface area contributed by atoms with Gasteiger partial charge in [0.05, 0.1) is 11.5 Å². The van der Waals surface area contributed by atoms with Crippen molar-refractivity contribution in [1.29, 1.82) is 0 Å². The fourth-order valence-electron chi connectivity index (χ4n) is 3.06. The molecule has 0 amide bonds. The molecule has 0 spiro atoms. The number of nitrogens with zero attached hydrogens (tertiary/aromatic N) is 3. The Morgan fingerprint density at radius 1 is 1.26 bits per heavy atom. The van der Waals surface area contributed by atoms with Crippen LogP contribution in [0.25, 0.3) is 0 Å². The van der Waals surface area contributed by atoms with E-state index in [4.69, 9.17) is 0 Å². The van der Waals surface area contributed by atoms with E-state index in [9.17, 15) is 23.1 Å². The monoisotopic (exact) mass is 380 g/mol. The van der Waals surface area contributed by atoms with Gasteiger partial charge in [-0.15, -0.1) is 0 Å². The number of anilines is 3. The second-order valence-corrected chi connectivity index (χ2v) is 6.48. The van der Waals surface area contributed by atoms with Crippen LogP contribution in [0, 0.1) is 12.8 Å². The minimum atomic E-state index is -4.38. The molecule has 1 fully saturated rings. The number of carboxylic acid groups (broad SMARTS) is 1. The lowest BCUT2D eigenvalue weighted by Gasteiger charge is -2.31. The molecular formula is C18H19F3N4O2. The number of aromatic nitrogens is 2. The third kappa shape index (κ3) is 4.66. The van der Waals surface area contributed by atoms with Crippen LogP contribution >= 0.6 is 0 Å². The summed E-state index contributed by atoms with van der Waals surface area (Å²) >= 11 is 0. The van der Waals surface area contributed by atoms with Crippen LogP contribution < -0.4 is 10.2 Å². The average Bonchev–Trinajstić information content (AvgIpc) is 2.61. The van der Waals surface area contributed by atoms with Crippen molar-refractivity contribution in [1.82, 2.24) is 9.97 Å². The van der Waals surface area contributed by atoms with Gasteiger partial charge < -0.3 is 15.3 Å². The zero-order valence-corrected chi connectivity index (χ0v) is 14.6. The number of hydrogen-bond donors (Lipinski definition) is 2. The van der Waals surface area contributed by atoms with Crippen LogP contribution in [-0.4, -0.2) is 34.1 Å². The van der Waals surface area contributed by atoms with E-state index in [0.717, 1.165) is 18.6 Å². The van der Waals surface area contributed by atoms with Crippen molar-refractivity contribution in [3.8, 4) is 0 Å². The highest BCUT2D eigenvalue weighted by Crippen LogP contribution is 2.30. The van der Waals surface area contributed by atoms with Crippen LogP contribution in [0.1, 0.15) is 24.2 Å². The molecule has 0 bridgehead atoms. The summed E-state index contributed by atoms with van der Waals surface area (Å²) in [6.45, 7) is 2.77. The van der Waals surface area contributed by atoms with Gasteiger partial charge in [-0.05, 0) is 44.0 Å². The van der Waals surface area contributed by atoms with Crippen molar-refractivity contribution < 1.29 is 23.1 Å². The van der Waals surface area contributed by atoms with Gasteiger partial charge in [0.1, 0.15) is 17.5 Å². The van der Waals surface area contributed by atoms with Crippen molar-refractivity contribution in [2.75, 3.05) is 23.3 Å². The van der Waals surface area contributed by atoms with E-state index < -0.39 is 23.6 Å². The number of alkyl halides is 3. The summed E-state index contributed by atoms with van der Waals surface area (Å²) in [5.74, 6) is 0.255. The quantitative estimate of drug-likeness (QED) is 0.839. The van der Waals surface area contributed by atoms with Gasteiger partial charge in [-0.25, -0.2) is 9.97 Å². The predicted octanol–water partition coefficient (Wildman–Crippen LogP) is 3.85. The fraction of sp³-hybridized carbons (Fsp3) is 0.389. The first kappa shape index (κ1) is 18.9. The number of halogens is 3. The molecule has 2 heterocycles. The van der Waals surface area contributed by atoms with Gasteiger partial charge in [-0.1, -0.05) is 0 Å². The molecule has 6 nitrogen and oxygen atoms in total. The van der Waals surface area contributed by atoms with Crippen molar-refractivity contribution in [3.63, 3.8) is 0 Å². The summed E-state index contributed by atoms with van der Waals surface area (Å²) in [5.41, 5.74) is -0.255. The van der Waals surface area contributed by atoms with Gasteiger partial charge in [0, 0.05) is 24.8 Å². The molecule has 1 saturated heterocycles. The highest BCUT2D eigenvalue weighted by Gasteiger charge is 2.30. The second-order valence-electron chi connectivity index (χ2n) is 6.48. The molecule has 1 aliphatic rings. The standard InChI is InChI=1S/C18H19F3N4O2/c1-11-22-15(24-14-6-4-13(5-7-14)18(19,20)21)9-16(23-11)25-8-2-3-12(10-25)17(26)27/h4-7,9,12H,2-3,8,10H2,1H3,(H,26,27)(H,22,23,24). The van der Waals surface area contributed by atoms with Crippen LogP contribution in [0.5, 0.6) is 0 Å². The first-order valence-corrected chi connectivity index (χ1v) is 8.50. The number of rotatable bonds is 4. The van der Waals surface area contributed by atoms with E-state index in [1.54, 1.807) is 13.0 Å². The molecule has 1 aliphatic heterocycles. The SMILES string of the molecule is Cc1nc(Nc2ccc(C(F)(F)F)cc2)cc(N2CCCC(C(=O)O)C2)n1. The maximum absolute atomic E-state index is 12.7. The molecule has 0 saturated carbocycles. The minimum absolute atomic E-state index is 0.367. The molecule has 0 radical (unpaired) electrons. The Morgan fingerprint density at radius 3 is 2.59 bits per heavy atom. The van der Waals surface area contributed by atoms with Crippen molar-refractivity contribution >= 4 is 23.3 Å². The highest BCUT2D eigenvalue weighted by molar-refractivity contribution is 5.71. The van der Waals surface area contributed by atoms with Gasteiger partial charge in [0.15, 0.2) is 0 Å². The van der Waals surface area contributed by atoms with E-state index in [2.05, 4.69) is 15.3 Å². The number of piperidine rings is 1. The number of hydrogen-bond acceptors (Lipinski definition) is 5. The zero-order chi connectivity index (χ0) is 19.6. The Labute approximate surface area is 154 Å². The Bertz CT molecular complexity index is 824. The van der Waals surface area contributed by atoms with Crippen LogP contribution in [-0.2, 0) is 11.0 Å². The number of carboxylic acids is 1. The van der Waals surface area contributed by atoms with Crippen LogP contribution in [0.3, 0.4) is 0 Å². The van der Waals surface area contributed by atoms with Crippen molar-refractivity contribution in [3.05, 3.63) is 41.7 Å². The second kappa shape index (κ2) is 7.42. The maximum atomic E-state index is 12.7. The van der Waals surface area contributed by atoms with Gasteiger partial charge in [0.25, 0.3) is 0 Å². The molecule has 1 atom stereocenters. The molecule has 2 N–H and O–H groups in total. The molecule has 9 heteroatoms. The molecular weight excluding hydrogens is 361 g/mol. The number of carbonyl (C=O) groups is 1. The Kier molecular flexibility index (Phi) is 5.20. The molecule has 144 valence electrons. The zero-order valence-electron chi connectivity index (χ0n) is 14.6. The number of nitrogens with one attached hydrogen (secondary N) is 1. The van der Waals surface area contributed by atoms with E-state index in [-0.39, 0.29) is 0 Å². The van der Waals surface area contributed by atoms with Gasteiger partial charge >= 0.3 is 12.1 Å². The molecule has 3 rings (SSSR count). The van der Waals surface area contributed by atoms with E-state index in [1.165, 1.54) is 12.1 Å². The smallest absolute Gasteiger partial charge is 0.416 e. The van der Waals surface area contributed by atoms with E-state index in [1.807, 2.05) is 4.90 Å². The lowest BCUT2D eigenvalue weighted by Crippen LogP contribution is -2.39. The Balaban J connectivity index is 1.78. The lowest BCUT2D eigenvalue weighted by atomic mass is 9.98. The molecule has 1 aromatic heterocycles. The summed E-state index contributed by atoms with van der Waals surface area (Å²) < 4.78 is 38.0. The fourth-order valence-corrected chi connectivity index (χ4v) is 3.06. The summed E-state index contributed by atoms with van der Waals surface area (Å²) in [6, 6.07) is 6.34. The average molecular weight is 380 g/mol. The van der Waals surface area contributed by atoms with Crippen LogP contribution in [0.4, 0.5) is 30.5 Å². The van der Waals surface area contributed by atoms with E-state index >= 15 is 0 Å². The predicted molar refractivity (Wildman–Crippen MR) is 94.1 cm³/mol. The van der Waals surface area contributed by atoms with Crippen molar-refractivity contribution in [2.24, 2.45) is 5.92 Å². The van der Waals surface area contributed by atoms with Gasteiger partial charge in [-0.2, -0.15) is 13.2 Å². The normalized spacial score (nSPS) is 17.6. The van der Waals surface area contributed by atoms with Gasteiger partial charge in [-0.3, -0.25) is 4.79 Å². The number of benzene rings is 1.